The first-order valence-electron chi connectivity index (χ1n) is 7.31. The second kappa shape index (κ2) is 8.58. The van der Waals surface area contributed by atoms with Crippen LogP contribution in [0, 0.1) is 5.21 Å². The van der Waals surface area contributed by atoms with Crippen LogP contribution in [0.2, 0.25) is 0 Å². The molecule has 1 atom stereocenters. The van der Waals surface area contributed by atoms with Gasteiger partial charge >= 0.3 is 6.08 Å². The van der Waals surface area contributed by atoms with Gasteiger partial charge in [0.15, 0.2) is 22.4 Å². The van der Waals surface area contributed by atoms with Gasteiger partial charge in [0.2, 0.25) is 0 Å². The van der Waals surface area contributed by atoms with Crippen molar-refractivity contribution in [2.45, 2.75) is 48.9 Å². The highest BCUT2D eigenvalue weighted by atomic mass is 32.2. The maximum atomic E-state index is 12.7. The molecule has 1 aliphatic carbocycles. The Labute approximate surface area is 138 Å². The zero-order valence-electron chi connectivity index (χ0n) is 12.3. The quantitative estimate of drug-likeness (QED) is 0.331. The summed E-state index contributed by atoms with van der Waals surface area (Å²) in [7, 11) is -1.66. The van der Waals surface area contributed by atoms with Crippen LogP contribution in [0.3, 0.4) is 0 Å². The van der Waals surface area contributed by atoms with E-state index in [1.54, 1.807) is 0 Å². The van der Waals surface area contributed by atoms with Crippen LogP contribution in [0.15, 0.2) is 22.4 Å². The normalized spacial score (nSPS) is 18.0. The van der Waals surface area contributed by atoms with E-state index >= 15 is 0 Å². The molecule has 0 saturated heterocycles. The number of halogens is 3. The Morgan fingerprint density at radius 1 is 1.39 bits per heavy atom. The topological polar surface area (TPSA) is 56.0 Å². The first-order valence-corrected chi connectivity index (χ1v) is 9.45. The fraction of sp³-hybridized carbons (Fsp3) is 0.571. The van der Waals surface area contributed by atoms with Gasteiger partial charge in [-0.2, -0.15) is 8.78 Å². The zero-order valence-corrected chi connectivity index (χ0v) is 14.0. The van der Waals surface area contributed by atoms with Crippen molar-refractivity contribution >= 4 is 28.4 Å². The predicted octanol–water partition coefficient (Wildman–Crippen LogP) is 3.98. The third-order valence-electron chi connectivity index (χ3n) is 3.60. The molecule has 1 heterocycles. The van der Waals surface area contributed by atoms with Crippen LogP contribution in [-0.4, -0.2) is 31.9 Å². The molecule has 0 amide bonds. The number of rotatable bonds is 6. The molecule has 1 fully saturated rings. The Kier molecular flexibility index (Phi) is 6.76. The van der Waals surface area contributed by atoms with Crippen LogP contribution in [-0.2, 0) is 10.8 Å². The molecule has 1 aliphatic rings. The summed E-state index contributed by atoms with van der Waals surface area (Å²) < 4.78 is 49.6. The molecule has 0 N–H and O–H groups in total. The van der Waals surface area contributed by atoms with Gasteiger partial charge in [-0.05, 0) is 12.8 Å². The smallest absolute Gasteiger partial charge is 0.301 e. The highest BCUT2D eigenvalue weighted by molar-refractivity contribution is 7.87. The van der Waals surface area contributed by atoms with Crippen molar-refractivity contribution in [2.24, 2.45) is 0 Å². The molecule has 4 nitrogen and oxygen atoms in total. The number of allylic oxidation sites excluding steroid dienone is 1. The van der Waals surface area contributed by atoms with Crippen LogP contribution >= 0.6 is 11.3 Å². The van der Waals surface area contributed by atoms with Gasteiger partial charge in [0.25, 0.3) is 0 Å². The molecule has 0 bridgehead atoms. The molecule has 1 saturated carbocycles. The Hall–Kier alpha value is -1.22. The SMILES string of the molecule is O=S(CCC(F)=C(F)F)c1ncc(/C=[N+](\[O-])C2CCCCC2)s1. The number of hydrogen-bond acceptors (Lipinski definition) is 4. The van der Waals surface area contributed by atoms with E-state index in [0.29, 0.717) is 4.88 Å². The summed E-state index contributed by atoms with van der Waals surface area (Å²) in [4.78, 5) is 4.49. The zero-order chi connectivity index (χ0) is 16.8. The average Bonchev–Trinajstić information content (AvgIpc) is 3.01. The van der Waals surface area contributed by atoms with Gasteiger partial charge in [0.1, 0.15) is 4.88 Å². The predicted molar refractivity (Wildman–Crippen MR) is 84.0 cm³/mol. The van der Waals surface area contributed by atoms with Gasteiger partial charge in [-0.15, -0.1) is 0 Å². The van der Waals surface area contributed by atoms with Crippen molar-refractivity contribution in [3.8, 4) is 0 Å². The van der Waals surface area contributed by atoms with Gasteiger partial charge in [0.05, 0.1) is 17.0 Å². The van der Waals surface area contributed by atoms with Crippen molar-refractivity contribution in [1.82, 2.24) is 4.98 Å². The lowest BCUT2D eigenvalue weighted by Gasteiger charge is -2.20. The Morgan fingerprint density at radius 3 is 2.74 bits per heavy atom. The summed E-state index contributed by atoms with van der Waals surface area (Å²) >= 11 is 1.06. The minimum atomic E-state index is -2.38. The molecule has 23 heavy (non-hydrogen) atoms. The van der Waals surface area contributed by atoms with E-state index in [1.165, 1.54) is 12.4 Å². The molecule has 128 valence electrons. The minimum absolute atomic E-state index is 0.0356. The van der Waals surface area contributed by atoms with Crippen molar-refractivity contribution in [3.63, 3.8) is 0 Å². The van der Waals surface area contributed by atoms with E-state index in [-0.39, 0.29) is 16.1 Å². The maximum absolute atomic E-state index is 12.7. The van der Waals surface area contributed by atoms with Crippen LogP contribution in [0.4, 0.5) is 13.2 Å². The molecular weight excluding hydrogens is 349 g/mol. The molecule has 1 unspecified atom stereocenters. The van der Waals surface area contributed by atoms with E-state index in [2.05, 4.69) is 4.98 Å². The summed E-state index contributed by atoms with van der Waals surface area (Å²) in [5.74, 6) is -1.82. The standard InChI is InChI=1S/C14H17F3N2O2S2/c15-12(13(16)17)6-7-23(21)14-18-8-11(22-14)9-19(20)10-4-2-1-3-5-10/h8-10H,1-7H2/b19-9-. The Balaban J connectivity index is 1.97. The van der Waals surface area contributed by atoms with E-state index in [1.807, 2.05) is 0 Å². The summed E-state index contributed by atoms with van der Waals surface area (Å²) in [5.41, 5.74) is 0. The van der Waals surface area contributed by atoms with Crippen molar-refractivity contribution < 1.29 is 22.1 Å². The maximum Gasteiger partial charge on any atom is 0.301 e. The van der Waals surface area contributed by atoms with Gasteiger partial charge in [-0.3, -0.25) is 4.21 Å². The van der Waals surface area contributed by atoms with Crippen LogP contribution < -0.4 is 0 Å². The van der Waals surface area contributed by atoms with Gasteiger partial charge in [0, 0.05) is 25.0 Å². The minimum Gasteiger partial charge on any atom is -0.624 e. The molecular formula is C14H17F3N2O2S2. The number of aromatic nitrogens is 1. The van der Waals surface area contributed by atoms with Gasteiger partial charge < -0.3 is 5.21 Å². The van der Waals surface area contributed by atoms with Crippen LogP contribution in [0.1, 0.15) is 43.4 Å². The third kappa shape index (κ3) is 5.42. The van der Waals surface area contributed by atoms with Crippen molar-refractivity contribution in [2.75, 3.05) is 5.75 Å². The van der Waals surface area contributed by atoms with Crippen molar-refractivity contribution in [3.05, 3.63) is 28.2 Å². The third-order valence-corrected chi connectivity index (χ3v) is 6.20. The molecule has 1 aromatic rings. The van der Waals surface area contributed by atoms with Gasteiger partial charge in [-0.25, -0.2) is 14.1 Å². The molecule has 1 aromatic heterocycles. The van der Waals surface area contributed by atoms with Crippen LogP contribution in [0.25, 0.3) is 0 Å². The highest BCUT2D eigenvalue weighted by Gasteiger charge is 2.20. The van der Waals surface area contributed by atoms with E-state index in [0.717, 1.165) is 48.2 Å². The Bertz CT molecular complexity index is 621. The fourth-order valence-electron chi connectivity index (χ4n) is 2.37. The summed E-state index contributed by atoms with van der Waals surface area (Å²) in [6, 6.07) is -0.0356. The first-order chi connectivity index (χ1) is 11.0. The molecule has 0 aliphatic heterocycles. The lowest BCUT2D eigenvalue weighted by Crippen LogP contribution is -2.25. The first kappa shape index (κ1) is 18.1. The summed E-state index contributed by atoms with van der Waals surface area (Å²) in [5, 5.41) is 12.1. The molecule has 0 aromatic carbocycles. The van der Waals surface area contributed by atoms with Crippen LogP contribution in [0.5, 0.6) is 0 Å². The highest BCUT2D eigenvalue weighted by Crippen LogP contribution is 2.22. The molecule has 2 rings (SSSR count). The summed E-state index contributed by atoms with van der Waals surface area (Å²) in [6.45, 7) is 0. The molecule has 9 heteroatoms. The number of thiazole rings is 1. The van der Waals surface area contributed by atoms with E-state index in [4.69, 9.17) is 0 Å². The fourth-order valence-corrected chi connectivity index (χ4v) is 4.55. The van der Waals surface area contributed by atoms with E-state index < -0.39 is 29.1 Å². The Morgan fingerprint density at radius 2 is 2.09 bits per heavy atom. The lowest BCUT2D eigenvalue weighted by atomic mass is 9.96. The van der Waals surface area contributed by atoms with E-state index in [9.17, 15) is 22.6 Å². The average molecular weight is 366 g/mol. The second-order valence-corrected chi connectivity index (χ2v) is 8.08. The summed E-state index contributed by atoms with van der Waals surface area (Å²) in [6.07, 6.45) is 4.82. The molecule has 0 spiro atoms. The molecule has 0 radical (unpaired) electrons. The number of hydroxylamine groups is 1. The number of nitrogens with zero attached hydrogens (tertiary/aromatic N) is 2. The van der Waals surface area contributed by atoms with Gasteiger partial charge in [-0.1, -0.05) is 17.8 Å². The van der Waals surface area contributed by atoms with Crippen molar-refractivity contribution in [1.29, 1.82) is 0 Å². The second-order valence-electron chi connectivity index (χ2n) is 5.27. The number of hydrogen-bond donors (Lipinski definition) is 0. The lowest BCUT2D eigenvalue weighted by molar-refractivity contribution is -0.500. The monoisotopic (exact) mass is 366 g/mol. The largest absolute Gasteiger partial charge is 0.624 e.